The van der Waals surface area contributed by atoms with E-state index in [1.54, 1.807) is 17.0 Å². The highest BCUT2D eigenvalue weighted by atomic mass is 35.5. The summed E-state index contributed by atoms with van der Waals surface area (Å²) < 4.78 is 0. The van der Waals surface area contributed by atoms with Crippen molar-refractivity contribution in [3.63, 3.8) is 0 Å². The summed E-state index contributed by atoms with van der Waals surface area (Å²) in [7, 11) is 0. The van der Waals surface area contributed by atoms with E-state index >= 15 is 0 Å². The number of anilines is 1. The fourth-order valence-corrected chi connectivity index (χ4v) is 4.06. The molecule has 0 saturated heterocycles. The van der Waals surface area contributed by atoms with Gasteiger partial charge in [0.2, 0.25) is 0 Å². The zero-order chi connectivity index (χ0) is 24.9. The second kappa shape index (κ2) is 13.6. The maximum absolute atomic E-state index is 13.2. The van der Waals surface area contributed by atoms with E-state index in [1.807, 2.05) is 37.3 Å². The first-order valence-corrected chi connectivity index (χ1v) is 11.4. The van der Waals surface area contributed by atoms with Crippen LogP contribution < -0.4 is 4.90 Å². The molecule has 0 bridgehead atoms. The van der Waals surface area contributed by atoms with Crippen LogP contribution in [-0.4, -0.2) is 25.0 Å². The van der Waals surface area contributed by atoms with Crippen molar-refractivity contribution in [2.24, 2.45) is 4.99 Å². The van der Waals surface area contributed by atoms with Gasteiger partial charge in [-0.3, -0.25) is 14.7 Å². The average Bonchev–Trinajstić information content (AvgIpc) is 2.88. The molecule has 0 heterocycles. The maximum atomic E-state index is 13.2. The highest BCUT2D eigenvalue weighted by molar-refractivity contribution is 6.19. The van der Waals surface area contributed by atoms with E-state index in [0.29, 0.717) is 17.9 Å². The molecular weight excluding hydrogens is 442 g/mol. The van der Waals surface area contributed by atoms with Crippen LogP contribution in [0.5, 0.6) is 0 Å². The van der Waals surface area contributed by atoms with Crippen LogP contribution in [-0.2, 0) is 17.6 Å². The lowest BCUT2D eigenvalue weighted by molar-refractivity contribution is -0.116. The van der Waals surface area contributed by atoms with Crippen molar-refractivity contribution in [1.29, 1.82) is 5.26 Å². The van der Waals surface area contributed by atoms with Crippen molar-refractivity contribution in [1.82, 2.24) is 0 Å². The standard InChI is InChI=1S/C27H26ClN3O.C2H2/c1-3-26(24(14-15-28)16-20-8-10-21(18-29)11-9-20)31(27(32)19-30-2)25-13-12-22-6-4-5-7-23(22)17-25;1-2/h3,5,7-14,17H,2,4,6,15-16,19H2,1H3;1-2H/b24-14-,26-3+;. The summed E-state index contributed by atoms with van der Waals surface area (Å²) in [5.74, 6) is 0.158. The van der Waals surface area contributed by atoms with Crippen LogP contribution in [0.4, 0.5) is 5.69 Å². The maximum Gasteiger partial charge on any atom is 0.253 e. The summed E-state index contributed by atoms with van der Waals surface area (Å²) >= 11 is 6.11. The van der Waals surface area contributed by atoms with Crippen LogP contribution in [0.1, 0.15) is 35.6 Å². The Morgan fingerprint density at radius 3 is 2.62 bits per heavy atom. The third kappa shape index (κ3) is 6.58. The SMILES string of the molecule is C#C.C=NCC(=O)N(C(=C/C)/C(=C\CCl)Cc1ccc(C#N)cc1)c1ccc2c(c1)C=CCC2. The summed E-state index contributed by atoms with van der Waals surface area (Å²) in [5.41, 5.74) is 6.53. The molecule has 0 saturated carbocycles. The third-order valence-corrected chi connectivity index (χ3v) is 5.56. The molecular formula is C29H28ClN3O. The lowest BCUT2D eigenvalue weighted by Gasteiger charge is -2.28. The third-order valence-electron chi connectivity index (χ3n) is 5.41. The molecule has 0 aromatic heterocycles. The Kier molecular flexibility index (Phi) is 10.6. The molecule has 2 aromatic carbocycles. The number of carbonyl (C=O) groups excluding carboxylic acids is 1. The number of nitrogens with zero attached hydrogens (tertiary/aromatic N) is 3. The quantitative estimate of drug-likeness (QED) is 0.202. The fraction of sp³-hybridized carbons (Fsp3) is 0.207. The monoisotopic (exact) mass is 469 g/mol. The van der Waals surface area contributed by atoms with Gasteiger partial charge in [0.25, 0.3) is 5.91 Å². The highest BCUT2D eigenvalue weighted by Crippen LogP contribution is 2.31. The number of hydrogen-bond acceptors (Lipinski definition) is 3. The van der Waals surface area contributed by atoms with Crippen molar-refractivity contribution in [2.45, 2.75) is 26.2 Å². The molecule has 0 atom stereocenters. The number of allylic oxidation sites excluding steroid dienone is 4. The molecule has 0 aliphatic heterocycles. The van der Waals surface area contributed by atoms with Crippen molar-refractivity contribution < 1.29 is 4.79 Å². The first-order chi connectivity index (χ1) is 16.6. The van der Waals surface area contributed by atoms with Gasteiger partial charge in [0.15, 0.2) is 0 Å². The number of nitriles is 1. The lowest BCUT2D eigenvalue weighted by Crippen LogP contribution is -2.33. The van der Waals surface area contributed by atoms with Crippen molar-refractivity contribution in [2.75, 3.05) is 17.3 Å². The molecule has 5 heteroatoms. The minimum absolute atomic E-state index is 0.0186. The summed E-state index contributed by atoms with van der Waals surface area (Å²) in [6.45, 7) is 5.40. The van der Waals surface area contributed by atoms with Gasteiger partial charge < -0.3 is 0 Å². The zero-order valence-corrected chi connectivity index (χ0v) is 20.1. The molecule has 0 radical (unpaired) electrons. The van der Waals surface area contributed by atoms with Crippen LogP contribution in [0, 0.1) is 24.2 Å². The Bertz CT molecular complexity index is 1160. The normalized spacial score (nSPS) is 12.6. The minimum atomic E-state index is -0.159. The van der Waals surface area contributed by atoms with Crippen molar-refractivity contribution in [3.8, 4) is 18.9 Å². The van der Waals surface area contributed by atoms with Gasteiger partial charge in [-0.15, -0.1) is 24.4 Å². The highest BCUT2D eigenvalue weighted by Gasteiger charge is 2.23. The molecule has 3 rings (SSSR count). The molecule has 0 fully saturated rings. The molecule has 34 heavy (non-hydrogen) atoms. The summed E-state index contributed by atoms with van der Waals surface area (Å²) in [6, 6.07) is 15.7. The second-order valence-corrected chi connectivity index (χ2v) is 7.79. The number of aryl methyl sites for hydroxylation is 1. The van der Waals surface area contributed by atoms with Gasteiger partial charge in [-0.05, 0) is 79.4 Å². The molecule has 1 amide bonds. The summed E-state index contributed by atoms with van der Waals surface area (Å²) in [6.07, 6.45) is 18.7. The zero-order valence-electron chi connectivity index (χ0n) is 19.4. The molecule has 2 aromatic rings. The smallest absolute Gasteiger partial charge is 0.253 e. The number of benzene rings is 2. The molecule has 0 N–H and O–H groups in total. The first kappa shape index (κ1) is 26.4. The number of hydrogen-bond donors (Lipinski definition) is 0. The van der Waals surface area contributed by atoms with Crippen LogP contribution in [0.3, 0.4) is 0 Å². The van der Waals surface area contributed by atoms with Gasteiger partial charge in [-0.2, -0.15) is 5.26 Å². The van der Waals surface area contributed by atoms with Gasteiger partial charge in [0.05, 0.1) is 11.6 Å². The second-order valence-electron chi connectivity index (χ2n) is 7.48. The number of halogens is 1. The number of carbonyl (C=O) groups is 1. The van der Waals surface area contributed by atoms with E-state index in [9.17, 15) is 4.79 Å². The Hall–Kier alpha value is -3.86. The van der Waals surface area contributed by atoms with E-state index in [-0.39, 0.29) is 12.5 Å². The molecule has 1 aliphatic carbocycles. The van der Waals surface area contributed by atoms with Crippen molar-refractivity contribution in [3.05, 3.63) is 94.2 Å². The van der Waals surface area contributed by atoms with E-state index in [1.165, 1.54) is 5.56 Å². The average molecular weight is 470 g/mol. The Balaban J connectivity index is 0.00000199. The minimum Gasteiger partial charge on any atom is -0.291 e. The van der Waals surface area contributed by atoms with Crippen LogP contribution in [0.15, 0.2) is 77.0 Å². The van der Waals surface area contributed by atoms with E-state index < -0.39 is 0 Å². The van der Waals surface area contributed by atoms with Gasteiger partial charge >= 0.3 is 0 Å². The molecule has 172 valence electrons. The Labute approximate surface area is 207 Å². The van der Waals surface area contributed by atoms with Crippen LogP contribution in [0.2, 0.25) is 0 Å². The van der Waals surface area contributed by atoms with E-state index in [2.05, 4.69) is 54.9 Å². The number of fused-ring (bicyclic) bond motifs is 1. The van der Waals surface area contributed by atoms with Gasteiger partial charge in [-0.25, -0.2) is 0 Å². The summed E-state index contributed by atoms with van der Waals surface area (Å²) in [5, 5.41) is 9.06. The number of terminal acetylenes is 1. The Morgan fingerprint density at radius 1 is 1.26 bits per heavy atom. The first-order valence-electron chi connectivity index (χ1n) is 10.9. The largest absolute Gasteiger partial charge is 0.291 e. The predicted molar refractivity (Wildman–Crippen MR) is 143 cm³/mol. The molecule has 4 nitrogen and oxygen atoms in total. The van der Waals surface area contributed by atoms with Gasteiger partial charge in [-0.1, -0.05) is 42.5 Å². The number of amides is 1. The number of rotatable bonds is 8. The van der Waals surface area contributed by atoms with Gasteiger partial charge in [0.1, 0.15) is 6.54 Å². The van der Waals surface area contributed by atoms with Gasteiger partial charge in [0, 0.05) is 17.3 Å². The van der Waals surface area contributed by atoms with Crippen molar-refractivity contribution >= 4 is 36.0 Å². The summed E-state index contributed by atoms with van der Waals surface area (Å²) in [4.78, 5) is 18.7. The number of aliphatic imine (C=N–C) groups is 1. The molecule has 0 unspecified atom stereocenters. The number of alkyl halides is 1. The predicted octanol–water partition coefficient (Wildman–Crippen LogP) is 6.11. The van der Waals surface area contributed by atoms with Crippen LogP contribution in [0.25, 0.3) is 6.08 Å². The van der Waals surface area contributed by atoms with E-state index in [0.717, 1.165) is 40.9 Å². The topological polar surface area (TPSA) is 56.5 Å². The molecule has 1 aliphatic rings. The molecule has 0 spiro atoms. The fourth-order valence-electron chi connectivity index (χ4n) is 3.87. The Morgan fingerprint density at radius 2 is 2.00 bits per heavy atom. The van der Waals surface area contributed by atoms with Crippen LogP contribution >= 0.6 is 11.6 Å². The van der Waals surface area contributed by atoms with E-state index in [4.69, 9.17) is 16.9 Å². The lowest BCUT2D eigenvalue weighted by atomic mass is 9.95.